The smallest absolute Gasteiger partial charge is 0.200 e. The zero-order valence-electron chi connectivity index (χ0n) is 6.10. The second-order valence-electron chi connectivity index (χ2n) is 2.32. The van der Waals surface area contributed by atoms with Crippen LogP contribution in [0, 0.1) is 0 Å². The van der Waals surface area contributed by atoms with Gasteiger partial charge in [-0.05, 0) is 12.1 Å². The molecule has 0 saturated heterocycles. The molecule has 0 fully saturated rings. The summed E-state index contributed by atoms with van der Waals surface area (Å²) in [6, 6.07) is 2.51. The van der Waals surface area contributed by atoms with Gasteiger partial charge in [-0.25, -0.2) is 0 Å². The topological polar surface area (TPSA) is 80.9 Å². The lowest BCUT2D eigenvalue weighted by Gasteiger charge is -2.08. The Balaban J connectivity index is 3.27. The monoisotopic (exact) mass is 188 g/mol. The van der Waals surface area contributed by atoms with Crippen molar-refractivity contribution in [2.24, 2.45) is 0 Å². The van der Waals surface area contributed by atoms with Crippen molar-refractivity contribution in [1.29, 1.82) is 0 Å². The van der Waals surface area contributed by atoms with Crippen molar-refractivity contribution in [2.45, 2.75) is 5.85 Å². The number of aliphatic hydroxyl groups excluding tert-OH is 1. The summed E-state index contributed by atoms with van der Waals surface area (Å²) in [5.41, 5.74) is 0.148. The molecule has 66 valence electrons. The molecule has 1 aromatic carbocycles. The molecule has 0 amide bonds. The van der Waals surface area contributed by atoms with E-state index in [1.165, 1.54) is 12.1 Å². The van der Waals surface area contributed by atoms with E-state index < -0.39 is 23.1 Å². The quantitative estimate of drug-likeness (QED) is 0.385. The van der Waals surface area contributed by atoms with Crippen molar-refractivity contribution in [2.75, 3.05) is 0 Å². The molecule has 0 aliphatic carbocycles. The Kier molecular flexibility index (Phi) is 2.40. The largest absolute Gasteiger partial charge is 0.504 e. The van der Waals surface area contributed by atoms with Crippen molar-refractivity contribution in [3.63, 3.8) is 0 Å². The van der Waals surface area contributed by atoms with Crippen LogP contribution in [0.25, 0.3) is 0 Å². The minimum Gasteiger partial charge on any atom is -0.504 e. The van der Waals surface area contributed by atoms with Crippen LogP contribution < -0.4 is 0 Å². The van der Waals surface area contributed by atoms with E-state index in [0.29, 0.717) is 0 Å². The Morgan fingerprint density at radius 3 is 2.17 bits per heavy atom. The molecule has 1 rings (SSSR count). The van der Waals surface area contributed by atoms with Gasteiger partial charge in [-0.1, -0.05) is 0 Å². The molecule has 0 aliphatic rings. The molecular formula is C7H9O4P. The van der Waals surface area contributed by atoms with Gasteiger partial charge in [0, 0.05) is 5.56 Å². The Hall–Kier alpha value is -0.990. The third-order valence-corrected chi connectivity index (χ3v) is 1.84. The normalized spacial score (nSPS) is 12.8. The van der Waals surface area contributed by atoms with Gasteiger partial charge >= 0.3 is 0 Å². The van der Waals surface area contributed by atoms with Crippen LogP contribution in [0.3, 0.4) is 0 Å². The fourth-order valence-corrected chi connectivity index (χ4v) is 1.09. The second kappa shape index (κ2) is 3.17. The summed E-state index contributed by atoms with van der Waals surface area (Å²) in [5, 5.41) is 36.1. The van der Waals surface area contributed by atoms with E-state index in [4.69, 9.17) is 20.4 Å². The lowest BCUT2D eigenvalue weighted by molar-refractivity contribution is 0.260. The van der Waals surface area contributed by atoms with Crippen molar-refractivity contribution in [3.8, 4) is 17.2 Å². The molecule has 0 spiro atoms. The van der Waals surface area contributed by atoms with Crippen molar-refractivity contribution in [1.82, 2.24) is 0 Å². The molecule has 0 heterocycles. The van der Waals surface area contributed by atoms with Gasteiger partial charge in [-0.15, -0.1) is 9.24 Å². The first-order chi connectivity index (χ1) is 5.54. The average Bonchev–Trinajstić information content (AvgIpc) is 2.00. The van der Waals surface area contributed by atoms with E-state index in [2.05, 4.69) is 0 Å². The van der Waals surface area contributed by atoms with Gasteiger partial charge in [0.1, 0.15) is 0 Å². The molecule has 2 atom stereocenters. The Morgan fingerprint density at radius 1 is 1.08 bits per heavy atom. The van der Waals surface area contributed by atoms with Crippen LogP contribution in [0.2, 0.25) is 0 Å². The number of aliphatic hydroxyl groups is 1. The van der Waals surface area contributed by atoms with Crippen LogP contribution >= 0.6 is 9.24 Å². The van der Waals surface area contributed by atoms with Crippen molar-refractivity contribution >= 4 is 9.24 Å². The summed E-state index contributed by atoms with van der Waals surface area (Å²) in [4.78, 5) is 0. The molecule has 12 heavy (non-hydrogen) atoms. The fourth-order valence-electron chi connectivity index (χ4n) is 0.823. The molecule has 2 unspecified atom stereocenters. The Bertz CT molecular complexity index is 298. The molecule has 0 aromatic heterocycles. The van der Waals surface area contributed by atoms with Crippen LogP contribution in [0.15, 0.2) is 12.1 Å². The van der Waals surface area contributed by atoms with Crippen molar-refractivity contribution in [3.05, 3.63) is 17.7 Å². The maximum Gasteiger partial charge on any atom is 0.200 e. The second-order valence-corrected chi connectivity index (χ2v) is 2.95. The number of hydrogen-bond acceptors (Lipinski definition) is 4. The summed E-state index contributed by atoms with van der Waals surface area (Å²) in [6.45, 7) is 0. The summed E-state index contributed by atoms with van der Waals surface area (Å²) in [6.07, 6.45) is 0. The zero-order chi connectivity index (χ0) is 9.30. The van der Waals surface area contributed by atoms with E-state index in [0.717, 1.165) is 0 Å². The Morgan fingerprint density at radius 2 is 1.67 bits per heavy atom. The molecular weight excluding hydrogens is 179 g/mol. The molecule has 1 aromatic rings. The standard InChI is InChI=1S/C7H9O4P/c8-4-2-1-3(7(11)12)5(9)6(4)10/h1-2,7-11H,12H2. The van der Waals surface area contributed by atoms with E-state index in [9.17, 15) is 0 Å². The first kappa shape index (κ1) is 9.10. The SMILES string of the molecule is Oc1ccc(C(O)P)c(O)c1O. The van der Waals surface area contributed by atoms with Crippen LogP contribution in [0.1, 0.15) is 11.4 Å². The molecule has 5 heteroatoms. The van der Waals surface area contributed by atoms with Gasteiger partial charge < -0.3 is 20.4 Å². The molecule has 4 nitrogen and oxygen atoms in total. The molecule has 0 aliphatic heterocycles. The van der Waals surface area contributed by atoms with Gasteiger partial charge in [0.05, 0.1) is 5.85 Å². The number of phenolic OH excluding ortho intramolecular Hbond substituents is 3. The number of aromatic hydroxyl groups is 3. The van der Waals surface area contributed by atoms with Gasteiger partial charge in [0.15, 0.2) is 11.5 Å². The lowest BCUT2D eigenvalue weighted by atomic mass is 10.2. The maximum absolute atomic E-state index is 9.17. The minimum atomic E-state index is -0.962. The van der Waals surface area contributed by atoms with Gasteiger partial charge in [-0.2, -0.15) is 0 Å². The van der Waals surface area contributed by atoms with E-state index in [-0.39, 0.29) is 5.56 Å². The summed E-state index contributed by atoms with van der Waals surface area (Å²) < 4.78 is 0. The molecule has 0 saturated carbocycles. The zero-order valence-corrected chi connectivity index (χ0v) is 7.25. The average molecular weight is 188 g/mol. The van der Waals surface area contributed by atoms with Crippen LogP contribution in [-0.4, -0.2) is 20.4 Å². The third-order valence-electron chi connectivity index (χ3n) is 1.48. The summed E-state index contributed by atoms with van der Waals surface area (Å²) in [5.74, 6) is -2.50. The summed E-state index contributed by atoms with van der Waals surface area (Å²) >= 11 is 0. The number of benzene rings is 1. The van der Waals surface area contributed by atoms with Crippen LogP contribution in [0.4, 0.5) is 0 Å². The highest BCUT2D eigenvalue weighted by Gasteiger charge is 2.13. The molecule has 0 radical (unpaired) electrons. The number of hydrogen-bond donors (Lipinski definition) is 4. The maximum atomic E-state index is 9.17. The fraction of sp³-hybridized carbons (Fsp3) is 0.143. The first-order valence-corrected chi connectivity index (χ1v) is 3.88. The Labute approximate surface area is 71.3 Å². The number of rotatable bonds is 1. The molecule has 0 bridgehead atoms. The predicted molar refractivity (Wildman–Crippen MR) is 46.1 cm³/mol. The van der Waals surface area contributed by atoms with E-state index in [1.807, 2.05) is 9.24 Å². The molecule has 4 N–H and O–H groups in total. The number of phenols is 3. The lowest BCUT2D eigenvalue weighted by Crippen LogP contribution is -1.87. The van der Waals surface area contributed by atoms with Gasteiger partial charge in [0.25, 0.3) is 0 Å². The minimum absolute atomic E-state index is 0.148. The van der Waals surface area contributed by atoms with E-state index >= 15 is 0 Å². The van der Waals surface area contributed by atoms with Gasteiger partial charge in [0.2, 0.25) is 5.75 Å². The third kappa shape index (κ3) is 1.44. The van der Waals surface area contributed by atoms with E-state index in [1.54, 1.807) is 0 Å². The van der Waals surface area contributed by atoms with Crippen molar-refractivity contribution < 1.29 is 20.4 Å². The summed E-state index contributed by atoms with van der Waals surface area (Å²) in [7, 11) is 2.05. The van der Waals surface area contributed by atoms with Crippen LogP contribution in [-0.2, 0) is 0 Å². The highest BCUT2D eigenvalue weighted by atomic mass is 31.0. The van der Waals surface area contributed by atoms with Crippen LogP contribution in [0.5, 0.6) is 17.2 Å². The first-order valence-electron chi connectivity index (χ1n) is 3.21. The highest BCUT2D eigenvalue weighted by Crippen LogP contribution is 2.40. The predicted octanol–water partition coefficient (Wildman–Crippen LogP) is 0.669. The van der Waals surface area contributed by atoms with Gasteiger partial charge in [-0.3, -0.25) is 0 Å². The highest BCUT2D eigenvalue weighted by molar-refractivity contribution is 7.16.